The summed E-state index contributed by atoms with van der Waals surface area (Å²) in [6, 6.07) is 7.59. The van der Waals surface area contributed by atoms with Gasteiger partial charge in [-0.25, -0.2) is 9.78 Å². The van der Waals surface area contributed by atoms with E-state index in [9.17, 15) is 14.7 Å². The summed E-state index contributed by atoms with van der Waals surface area (Å²) < 4.78 is 0. The predicted octanol–water partition coefficient (Wildman–Crippen LogP) is 4.18. The van der Waals surface area contributed by atoms with Gasteiger partial charge in [0.25, 0.3) is 0 Å². The largest absolute Gasteiger partial charge is 0.507 e. The first-order valence-electron chi connectivity index (χ1n) is 8.15. The molecule has 2 heterocycles. The van der Waals surface area contributed by atoms with Crippen LogP contribution in [0, 0.1) is 0 Å². The van der Waals surface area contributed by atoms with Crippen LogP contribution in [0.4, 0.5) is 10.5 Å². The zero-order chi connectivity index (χ0) is 20.4. The Bertz CT molecular complexity index is 970. The molecule has 1 aliphatic heterocycles. The molecule has 1 fully saturated rings. The fourth-order valence-electron chi connectivity index (χ4n) is 2.50. The summed E-state index contributed by atoms with van der Waals surface area (Å²) in [6.45, 7) is 0. The molecular formula is C18H16Cl2N4O3S. The van der Waals surface area contributed by atoms with Crippen molar-refractivity contribution in [1.29, 1.82) is 0 Å². The van der Waals surface area contributed by atoms with Crippen molar-refractivity contribution >= 4 is 58.8 Å². The Morgan fingerprint density at radius 2 is 2.00 bits per heavy atom. The zero-order valence-electron chi connectivity index (χ0n) is 15.0. The molecule has 2 aromatic rings. The van der Waals surface area contributed by atoms with E-state index in [0.29, 0.717) is 21.3 Å². The van der Waals surface area contributed by atoms with Gasteiger partial charge in [-0.3, -0.25) is 14.7 Å². The highest BCUT2D eigenvalue weighted by atomic mass is 35.5. The lowest BCUT2D eigenvalue weighted by atomic mass is 10.2. The number of phenols is 1. The van der Waals surface area contributed by atoms with Crippen molar-refractivity contribution in [3.63, 3.8) is 0 Å². The normalized spacial score (nSPS) is 17.6. The highest BCUT2D eigenvalue weighted by molar-refractivity contribution is 8.00. The second kappa shape index (κ2) is 8.38. The molecular weight excluding hydrogens is 423 g/mol. The number of hydrogen-bond donors (Lipinski definition) is 1. The molecule has 28 heavy (non-hydrogen) atoms. The molecule has 1 aromatic carbocycles. The number of halogens is 2. The van der Waals surface area contributed by atoms with Crippen LogP contribution in [-0.4, -0.2) is 57.5 Å². The maximum atomic E-state index is 12.2. The van der Waals surface area contributed by atoms with Crippen molar-refractivity contribution in [3.05, 3.63) is 46.1 Å². The standard InChI is InChI=1S/C18H16Cl2N4O3S/c1-23-15(26)8-16(24(2)18(23)27)28-17-12(5-6-14(20)22-17)21-9-10-3-4-11(19)7-13(10)25/h3-7,9,16,25H,8H2,1-2H3. The van der Waals surface area contributed by atoms with Crippen molar-refractivity contribution in [3.8, 4) is 5.75 Å². The lowest BCUT2D eigenvalue weighted by molar-refractivity contribution is -0.129. The van der Waals surface area contributed by atoms with E-state index in [0.717, 1.165) is 4.90 Å². The molecule has 7 nitrogen and oxygen atoms in total. The van der Waals surface area contributed by atoms with Gasteiger partial charge in [0.05, 0.1) is 17.5 Å². The summed E-state index contributed by atoms with van der Waals surface area (Å²) in [5.74, 6) is -0.266. The maximum absolute atomic E-state index is 12.2. The average molecular weight is 439 g/mol. The van der Waals surface area contributed by atoms with Gasteiger partial charge >= 0.3 is 6.03 Å². The number of aliphatic imine (C=N–C) groups is 1. The van der Waals surface area contributed by atoms with Gasteiger partial charge < -0.3 is 10.0 Å². The second-order valence-corrected chi connectivity index (χ2v) is 8.03. The Balaban J connectivity index is 1.88. The van der Waals surface area contributed by atoms with Crippen LogP contribution in [0.1, 0.15) is 12.0 Å². The Morgan fingerprint density at radius 3 is 2.71 bits per heavy atom. The molecule has 1 saturated heterocycles. The average Bonchev–Trinajstić information content (AvgIpc) is 2.65. The van der Waals surface area contributed by atoms with E-state index in [1.807, 2.05) is 0 Å². The van der Waals surface area contributed by atoms with E-state index in [2.05, 4.69) is 9.98 Å². The van der Waals surface area contributed by atoms with Gasteiger partial charge in [-0.1, -0.05) is 35.0 Å². The van der Waals surface area contributed by atoms with Gasteiger partial charge in [-0.05, 0) is 30.3 Å². The van der Waals surface area contributed by atoms with Gasteiger partial charge in [-0.15, -0.1) is 0 Å². The van der Waals surface area contributed by atoms with Crippen molar-refractivity contribution < 1.29 is 14.7 Å². The molecule has 1 atom stereocenters. The Kier molecular flexibility index (Phi) is 6.12. The maximum Gasteiger partial charge on any atom is 0.327 e. The number of urea groups is 1. The SMILES string of the molecule is CN1C(=O)CC(Sc2nc(Cl)ccc2N=Cc2ccc(Cl)cc2O)N(C)C1=O. The summed E-state index contributed by atoms with van der Waals surface area (Å²) in [5, 5.41) is 10.7. The fourth-order valence-corrected chi connectivity index (χ4v) is 3.99. The number of hydrogen-bond acceptors (Lipinski definition) is 6. The van der Waals surface area contributed by atoms with Crippen LogP contribution in [0.25, 0.3) is 0 Å². The summed E-state index contributed by atoms with van der Waals surface area (Å²) in [5.41, 5.74) is 0.980. The first kappa shape index (κ1) is 20.4. The van der Waals surface area contributed by atoms with Crippen molar-refractivity contribution in [2.24, 2.45) is 4.99 Å². The summed E-state index contributed by atoms with van der Waals surface area (Å²) >= 11 is 13.1. The van der Waals surface area contributed by atoms with Crippen LogP contribution in [0.3, 0.4) is 0 Å². The topological polar surface area (TPSA) is 86.1 Å². The molecule has 0 bridgehead atoms. The second-order valence-electron chi connectivity index (χ2n) is 6.04. The van der Waals surface area contributed by atoms with E-state index in [1.54, 1.807) is 31.3 Å². The van der Waals surface area contributed by atoms with Gasteiger partial charge in [0, 0.05) is 30.9 Å². The number of carbonyl (C=O) groups is 2. The summed E-state index contributed by atoms with van der Waals surface area (Å²) in [6.07, 6.45) is 1.63. The van der Waals surface area contributed by atoms with Crippen LogP contribution in [0.5, 0.6) is 5.75 Å². The molecule has 146 valence electrons. The van der Waals surface area contributed by atoms with Crippen LogP contribution in [0.2, 0.25) is 10.2 Å². The quantitative estimate of drug-likeness (QED) is 0.571. The minimum absolute atomic E-state index is 0.00128. The first-order valence-corrected chi connectivity index (χ1v) is 9.79. The molecule has 1 aromatic heterocycles. The van der Waals surface area contributed by atoms with E-state index < -0.39 is 5.37 Å². The first-order chi connectivity index (χ1) is 13.3. The smallest absolute Gasteiger partial charge is 0.327 e. The fraction of sp³-hybridized carbons (Fsp3) is 0.222. The molecule has 1 aliphatic rings. The van der Waals surface area contributed by atoms with E-state index in [1.165, 1.54) is 36.0 Å². The van der Waals surface area contributed by atoms with Crippen molar-refractivity contribution in [2.45, 2.75) is 16.8 Å². The molecule has 3 rings (SSSR count). The van der Waals surface area contributed by atoms with Crippen LogP contribution in [0.15, 0.2) is 40.4 Å². The molecule has 3 amide bonds. The lowest BCUT2D eigenvalue weighted by Gasteiger charge is -2.35. The van der Waals surface area contributed by atoms with E-state index in [-0.39, 0.29) is 29.3 Å². The number of pyridine rings is 1. The van der Waals surface area contributed by atoms with Gasteiger partial charge in [0.15, 0.2) is 0 Å². The van der Waals surface area contributed by atoms with Gasteiger partial charge in [0.2, 0.25) is 5.91 Å². The number of aromatic nitrogens is 1. The van der Waals surface area contributed by atoms with Crippen molar-refractivity contribution in [2.75, 3.05) is 14.1 Å². The molecule has 0 radical (unpaired) electrons. The highest BCUT2D eigenvalue weighted by Crippen LogP contribution is 2.36. The third-order valence-electron chi connectivity index (χ3n) is 4.13. The molecule has 0 saturated carbocycles. The number of amides is 3. The van der Waals surface area contributed by atoms with Crippen LogP contribution < -0.4 is 0 Å². The van der Waals surface area contributed by atoms with Crippen molar-refractivity contribution in [1.82, 2.24) is 14.8 Å². The van der Waals surface area contributed by atoms with E-state index >= 15 is 0 Å². The highest BCUT2D eigenvalue weighted by Gasteiger charge is 2.35. The predicted molar refractivity (Wildman–Crippen MR) is 110 cm³/mol. The number of nitrogens with zero attached hydrogens (tertiary/aromatic N) is 4. The Labute approximate surface area is 176 Å². The number of carbonyl (C=O) groups excluding carboxylic acids is 2. The number of benzene rings is 1. The molecule has 1 unspecified atom stereocenters. The van der Waals surface area contributed by atoms with E-state index in [4.69, 9.17) is 23.2 Å². The Morgan fingerprint density at radius 1 is 1.25 bits per heavy atom. The summed E-state index contributed by atoms with van der Waals surface area (Å²) in [4.78, 5) is 35.4. The third kappa shape index (κ3) is 4.40. The zero-order valence-corrected chi connectivity index (χ0v) is 17.3. The summed E-state index contributed by atoms with van der Waals surface area (Å²) in [7, 11) is 3.08. The number of imide groups is 1. The molecule has 0 spiro atoms. The Hall–Kier alpha value is -2.29. The molecule has 0 aliphatic carbocycles. The number of aromatic hydroxyl groups is 1. The number of phenolic OH excluding ortho intramolecular Hbond substituents is 1. The number of thioether (sulfide) groups is 1. The lowest BCUT2D eigenvalue weighted by Crippen LogP contribution is -2.52. The minimum atomic E-state index is -0.431. The van der Waals surface area contributed by atoms with Crippen LogP contribution >= 0.6 is 35.0 Å². The van der Waals surface area contributed by atoms with Gasteiger partial charge in [-0.2, -0.15) is 0 Å². The molecule has 1 N–H and O–H groups in total. The third-order valence-corrected chi connectivity index (χ3v) is 5.86. The van der Waals surface area contributed by atoms with Gasteiger partial charge in [0.1, 0.15) is 15.9 Å². The number of rotatable bonds is 4. The monoisotopic (exact) mass is 438 g/mol. The molecule has 10 heteroatoms. The minimum Gasteiger partial charge on any atom is -0.507 e. The van der Waals surface area contributed by atoms with Crippen LogP contribution in [-0.2, 0) is 4.79 Å².